The van der Waals surface area contributed by atoms with Crippen LogP contribution in [0.3, 0.4) is 0 Å². The number of benzene rings is 2. The first-order valence-electron chi connectivity index (χ1n) is 7.45. The van der Waals surface area contributed by atoms with E-state index in [9.17, 15) is 4.79 Å². The van der Waals surface area contributed by atoms with Gasteiger partial charge in [-0.15, -0.1) is 0 Å². The van der Waals surface area contributed by atoms with Gasteiger partial charge in [-0.05, 0) is 30.7 Å². The van der Waals surface area contributed by atoms with Gasteiger partial charge in [-0.2, -0.15) is 0 Å². The lowest BCUT2D eigenvalue weighted by atomic mass is 10.2. The number of hydrogen-bond donors (Lipinski definition) is 2. The Morgan fingerprint density at radius 2 is 2.00 bits per heavy atom. The Labute approximate surface area is 136 Å². The lowest BCUT2D eigenvalue weighted by Gasteiger charge is -2.14. The summed E-state index contributed by atoms with van der Waals surface area (Å²) in [6.07, 6.45) is 0. The molecule has 0 aliphatic carbocycles. The van der Waals surface area contributed by atoms with Crippen LogP contribution in [0.25, 0.3) is 0 Å². The topological polar surface area (TPSA) is 73.6 Å². The maximum absolute atomic E-state index is 11.9. The van der Waals surface area contributed by atoms with Crippen molar-refractivity contribution in [3.8, 4) is 11.5 Å². The van der Waals surface area contributed by atoms with Crippen molar-refractivity contribution in [2.24, 2.45) is 5.73 Å². The smallest absolute Gasteiger partial charge is 0.239 e. The zero-order valence-electron chi connectivity index (χ0n) is 13.4. The second kappa shape index (κ2) is 8.31. The number of aryl methyl sites for hydroxylation is 1. The maximum Gasteiger partial charge on any atom is 0.239 e. The maximum atomic E-state index is 11.9. The highest BCUT2D eigenvalue weighted by Gasteiger charge is 2.13. The fourth-order valence-electron chi connectivity index (χ4n) is 2.12. The normalized spacial score (nSPS) is 11.8. The SMILES string of the molecule is COCC(N)C(=O)NCc1ccccc1Oc1cccc(C)c1. The van der Waals surface area contributed by atoms with Gasteiger partial charge in [0.1, 0.15) is 17.5 Å². The van der Waals surface area contributed by atoms with Crippen molar-refractivity contribution in [3.63, 3.8) is 0 Å². The minimum Gasteiger partial charge on any atom is -0.457 e. The van der Waals surface area contributed by atoms with Gasteiger partial charge in [-0.3, -0.25) is 4.79 Å². The average molecular weight is 314 g/mol. The molecule has 1 atom stereocenters. The van der Waals surface area contributed by atoms with Crippen LogP contribution in [0.15, 0.2) is 48.5 Å². The summed E-state index contributed by atoms with van der Waals surface area (Å²) < 4.78 is 10.8. The number of nitrogens with one attached hydrogen (secondary N) is 1. The molecule has 0 radical (unpaired) electrons. The van der Waals surface area contributed by atoms with Crippen LogP contribution >= 0.6 is 0 Å². The van der Waals surface area contributed by atoms with Gasteiger partial charge >= 0.3 is 0 Å². The van der Waals surface area contributed by atoms with Crippen LogP contribution in [0.5, 0.6) is 11.5 Å². The Morgan fingerprint density at radius 1 is 1.22 bits per heavy atom. The number of methoxy groups -OCH3 is 1. The first kappa shape index (κ1) is 17.0. The van der Waals surface area contributed by atoms with Gasteiger partial charge in [0, 0.05) is 19.2 Å². The number of hydrogen-bond acceptors (Lipinski definition) is 4. The van der Waals surface area contributed by atoms with Gasteiger partial charge in [0.25, 0.3) is 0 Å². The van der Waals surface area contributed by atoms with Gasteiger partial charge in [-0.1, -0.05) is 30.3 Å². The molecule has 0 fully saturated rings. The van der Waals surface area contributed by atoms with Crippen molar-refractivity contribution in [3.05, 3.63) is 59.7 Å². The van der Waals surface area contributed by atoms with Crippen LogP contribution in [0.4, 0.5) is 0 Å². The predicted octanol–water partition coefficient (Wildman–Crippen LogP) is 2.38. The monoisotopic (exact) mass is 314 g/mol. The lowest BCUT2D eigenvalue weighted by molar-refractivity contribution is -0.123. The van der Waals surface area contributed by atoms with E-state index in [4.69, 9.17) is 15.2 Å². The van der Waals surface area contributed by atoms with E-state index in [1.807, 2.05) is 55.5 Å². The van der Waals surface area contributed by atoms with E-state index in [0.717, 1.165) is 16.9 Å². The number of carbonyl (C=O) groups is 1. The van der Waals surface area contributed by atoms with Crippen molar-refractivity contribution in [2.75, 3.05) is 13.7 Å². The highest BCUT2D eigenvalue weighted by molar-refractivity contribution is 5.81. The van der Waals surface area contributed by atoms with Crippen molar-refractivity contribution in [1.82, 2.24) is 5.32 Å². The fraction of sp³-hybridized carbons (Fsp3) is 0.278. The molecule has 0 aliphatic heterocycles. The van der Waals surface area contributed by atoms with Gasteiger partial charge in [0.05, 0.1) is 6.61 Å². The molecule has 0 spiro atoms. The zero-order chi connectivity index (χ0) is 16.7. The molecule has 3 N–H and O–H groups in total. The van der Waals surface area contributed by atoms with E-state index in [0.29, 0.717) is 12.3 Å². The molecule has 0 heterocycles. The second-order valence-corrected chi connectivity index (χ2v) is 5.31. The van der Waals surface area contributed by atoms with Gasteiger partial charge in [0.15, 0.2) is 0 Å². The van der Waals surface area contributed by atoms with Crippen LogP contribution in [-0.4, -0.2) is 25.7 Å². The number of ether oxygens (including phenoxy) is 2. The third-order valence-electron chi connectivity index (χ3n) is 3.33. The molecule has 0 bridgehead atoms. The van der Waals surface area contributed by atoms with Crippen LogP contribution < -0.4 is 15.8 Å². The van der Waals surface area contributed by atoms with Crippen molar-refractivity contribution < 1.29 is 14.3 Å². The molecule has 0 aliphatic rings. The van der Waals surface area contributed by atoms with E-state index in [-0.39, 0.29) is 12.5 Å². The number of rotatable bonds is 7. The number of carbonyl (C=O) groups excluding carboxylic acids is 1. The second-order valence-electron chi connectivity index (χ2n) is 5.31. The Morgan fingerprint density at radius 3 is 2.74 bits per heavy atom. The van der Waals surface area contributed by atoms with Crippen molar-refractivity contribution >= 4 is 5.91 Å². The molecule has 5 nitrogen and oxygen atoms in total. The molecule has 0 saturated carbocycles. The highest BCUT2D eigenvalue weighted by atomic mass is 16.5. The molecular formula is C18H22N2O3. The quantitative estimate of drug-likeness (QED) is 0.823. The van der Waals surface area contributed by atoms with Gasteiger partial charge in [0.2, 0.25) is 5.91 Å². The summed E-state index contributed by atoms with van der Waals surface area (Å²) in [4.78, 5) is 11.9. The summed E-state index contributed by atoms with van der Waals surface area (Å²) in [5.41, 5.74) is 7.71. The molecule has 2 aromatic rings. The van der Waals surface area contributed by atoms with Crippen LogP contribution in [0.1, 0.15) is 11.1 Å². The van der Waals surface area contributed by atoms with E-state index in [1.165, 1.54) is 7.11 Å². The van der Waals surface area contributed by atoms with E-state index >= 15 is 0 Å². The average Bonchev–Trinajstić information content (AvgIpc) is 2.54. The van der Waals surface area contributed by atoms with Crippen molar-refractivity contribution in [2.45, 2.75) is 19.5 Å². The molecular weight excluding hydrogens is 292 g/mol. The van der Waals surface area contributed by atoms with E-state index in [1.54, 1.807) is 0 Å². The standard InChI is InChI=1S/C18H22N2O3/c1-13-6-5-8-15(10-13)23-17-9-4-3-7-14(17)11-20-18(21)16(19)12-22-2/h3-10,16H,11-12,19H2,1-2H3,(H,20,21). The minimum atomic E-state index is -0.676. The summed E-state index contributed by atoms with van der Waals surface area (Å²) in [6.45, 7) is 2.54. The summed E-state index contributed by atoms with van der Waals surface area (Å²) in [6, 6.07) is 14.7. The van der Waals surface area contributed by atoms with E-state index in [2.05, 4.69) is 5.32 Å². The van der Waals surface area contributed by atoms with Crippen LogP contribution in [-0.2, 0) is 16.1 Å². The fourth-order valence-corrected chi connectivity index (χ4v) is 2.12. The molecule has 122 valence electrons. The number of para-hydroxylation sites is 1. The molecule has 23 heavy (non-hydrogen) atoms. The highest BCUT2D eigenvalue weighted by Crippen LogP contribution is 2.25. The minimum absolute atomic E-state index is 0.188. The molecule has 5 heteroatoms. The first-order valence-corrected chi connectivity index (χ1v) is 7.45. The molecule has 0 aromatic heterocycles. The Balaban J connectivity index is 2.04. The molecule has 1 amide bonds. The van der Waals surface area contributed by atoms with Crippen LogP contribution in [0.2, 0.25) is 0 Å². The molecule has 1 unspecified atom stereocenters. The molecule has 0 saturated heterocycles. The Bertz CT molecular complexity index is 658. The third kappa shape index (κ3) is 5.09. The van der Waals surface area contributed by atoms with Gasteiger partial charge < -0.3 is 20.5 Å². The first-order chi connectivity index (χ1) is 11.1. The number of amides is 1. The zero-order valence-corrected chi connectivity index (χ0v) is 13.4. The summed E-state index contributed by atoms with van der Waals surface area (Å²) in [7, 11) is 1.51. The Hall–Kier alpha value is -2.37. The van der Waals surface area contributed by atoms with Crippen molar-refractivity contribution in [1.29, 1.82) is 0 Å². The molecule has 2 rings (SSSR count). The van der Waals surface area contributed by atoms with E-state index < -0.39 is 6.04 Å². The predicted molar refractivity (Wildman–Crippen MR) is 89.4 cm³/mol. The van der Waals surface area contributed by atoms with Gasteiger partial charge in [-0.25, -0.2) is 0 Å². The lowest BCUT2D eigenvalue weighted by Crippen LogP contribution is -2.43. The summed E-state index contributed by atoms with van der Waals surface area (Å²) in [5, 5.41) is 2.80. The largest absolute Gasteiger partial charge is 0.457 e. The molecule has 2 aromatic carbocycles. The summed E-state index contributed by atoms with van der Waals surface area (Å²) in [5.74, 6) is 1.22. The third-order valence-corrected chi connectivity index (χ3v) is 3.33. The Kier molecular flexibility index (Phi) is 6.14. The van der Waals surface area contributed by atoms with Crippen LogP contribution in [0, 0.1) is 6.92 Å². The number of nitrogens with two attached hydrogens (primary N) is 1. The summed E-state index contributed by atoms with van der Waals surface area (Å²) >= 11 is 0.